The molecule has 5 heteroatoms. The van der Waals surface area contributed by atoms with Crippen molar-refractivity contribution < 1.29 is 4.79 Å². The van der Waals surface area contributed by atoms with Gasteiger partial charge in [-0.1, -0.05) is 66.7 Å². The maximum Gasteiger partial charge on any atom is 0.234 e. The molecule has 0 radical (unpaired) electrons. The van der Waals surface area contributed by atoms with Crippen LogP contribution in [0.2, 0.25) is 0 Å². The van der Waals surface area contributed by atoms with Gasteiger partial charge in [-0.05, 0) is 29.5 Å². The van der Waals surface area contributed by atoms with Crippen LogP contribution in [0.1, 0.15) is 35.0 Å². The van der Waals surface area contributed by atoms with Crippen molar-refractivity contribution >= 4 is 17.2 Å². The molecule has 1 aliphatic heterocycles. The topological polar surface area (TPSA) is 35.6 Å². The van der Waals surface area contributed by atoms with E-state index in [0.717, 1.165) is 26.2 Å². The molecule has 1 fully saturated rings. The molecule has 2 heterocycles. The van der Waals surface area contributed by atoms with E-state index in [1.54, 1.807) is 11.3 Å². The van der Waals surface area contributed by atoms with Crippen molar-refractivity contribution in [2.75, 3.05) is 32.7 Å². The SMILES string of the molecule is C[C@H](NC(=O)CN1CCN(C(c2ccccc2)c2ccccc2)CC1)c1cccs1. The summed E-state index contributed by atoms with van der Waals surface area (Å²) in [6, 6.07) is 25.8. The van der Waals surface area contributed by atoms with Crippen molar-refractivity contribution in [1.29, 1.82) is 0 Å². The summed E-state index contributed by atoms with van der Waals surface area (Å²) >= 11 is 1.68. The van der Waals surface area contributed by atoms with Gasteiger partial charge in [-0.3, -0.25) is 14.6 Å². The lowest BCUT2D eigenvalue weighted by Crippen LogP contribution is -2.50. The molecule has 4 rings (SSSR count). The molecule has 0 aliphatic carbocycles. The van der Waals surface area contributed by atoms with E-state index in [4.69, 9.17) is 0 Å². The summed E-state index contributed by atoms with van der Waals surface area (Å²) in [4.78, 5) is 18.5. The highest BCUT2D eigenvalue weighted by molar-refractivity contribution is 7.10. The predicted octanol–water partition coefficient (Wildman–Crippen LogP) is 4.33. The van der Waals surface area contributed by atoms with Crippen molar-refractivity contribution in [2.24, 2.45) is 0 Å². The third-order valence-electron chi connectivity index (χ3n) is 5.72. The highest BCUT2D eigenvalue weighted by Gasteiger charge is 2.27. The Kier molecular flexibility index (Phi) is 6.95. The second kappa shape index (κ2) is 10.0. The summed E-state index contributed by atoms with van der Waals surface area (Å²) in [5, 5.41) is 5.18. The third kappa shape index (κ3) is 5.17. The van der Waals surface area contributed by atoms with Gasteiger partial charge in [0.15, 0.2) is 0 Å². The van der Waals surface area contributed by atoms with Crippen LogP contribution in [0.3, 0.4) is 0 Å². The van der Waals surface area contributed by atoms with Crippen molar-refractivity contribution in [1.82, 2.24) is 15.1 Å². The smallest absolute Gasteiger partial charge is 0.234 e. The molecule has 156 valence electrons. The van der Waals surface area contributed by atoms with Gasteiger partial charge in [0.1, 0.15) is 0 Å². The fourth-order valence-electron chi connectivity index (χ4n) is 4.16. The summed E-state index contributed by atoms with van der Waals surface area (Å²) in [5.74, 6) is 0.104. The number of hydrogen-bond acceptors (Lipinski definition) is 4. The molecule has 4 nitrogen and oxygen atoms in total. The van der Waals surface area contributed by atoms with Crippen molar-refractivity contribution in [2.45, 2.75) is 19.0 Å². The van der Waals surface area contributed by atoms with Gasteiger partial charge < -0.3 is 5.32 Å². The monoisotopic (exact) mass is 419 g/mol. The normalized spacial score (nSPS) is 16.5. The van der Waals surface area contributed by atoms with Gasteiger partial charge in [-0.15, -0.1) is 11.3 Å². The first-order valence-electron chi connectivity index (χ1n) is 10.6. The van der Waals surface area contributed by atoms with Crippen LogP contribution in [-0.2, 0) is 4.79 Å². The molecule has 1 saturated heterocycles. The first kappa shape index (κ1) is 20.8. The van der Waals surface area contributed by atoms with E-state index in [9.17, 15) is 4.79 Å². The van der Waals surface area contributed by atoms with E-state index in [0.29, 0.717) is 6.54 Å². The number of piperazine rings is 1. The molecule has 1 N–H and O–H groups in total. The fraction of sp³-hybridized carbons (Fsp3) is 0.320. The largest absolute Gasteiger partial charge is 0.348 e. The lowest BCUT2D eigenvalue weighted by molar-refractivity contribution is -0.123. The average Bonchev–Trinajstić information content (AvgIpc) is 3.32. The molecule has 1 amide bonds. The second-order valence-electron chi connectivity index (χ2n) is 7.84. The van der Waals surface area contributed by atoms with Crippen LogP contribution in [0.15, 0.2) is 78.2 Å². The molecular weight excluding hydrogens is 390 g/mol. The number of carbonyl (C=O) groups is 1. The number of rotatable bonds is 7. The van der Waals surface area contributed by atoms with Gasteiger partial charge in [-0.2, -0.15) is 0 Å². The molecule has 0 spiro atoms. The second-order valence-corrected chi connectivity index (χ2v) is 8.82. The Balaban J connectivity index is 1.36. The lowest BCUT2D eigenvalue weighted by atomic mass is 9.96. The summed E-state index contributed by atoms with van der Waals surface area (Å²) in [5.41, 5.74) is 2.64. The number of thiophene rings is 1. The first-order valence-corrected chi connectivity index (χ1v) is 11.5. The average molecular weight is 420 g/mol. The van der Waals surface area contributed by atoms with Gasteiger partial charge in [0.25, 0.3) is 0 Å². The molecule has 1 aliphatic rings. The number of nitrogens with one attached hydrogen (secondary N) is 1. The molecule has 0 saturated carbocycles. The van der Waals surface area contributed by atoms with Crippen LogP contribution in [0.4, 0.5) is 0 Å². The van der Waals surface area contributed by atoms with Crippen molar-refractivity contribution in [3.8, 4) is 0 Å². The predicted molar refractivity (Wildman–Crippen MR) is 124 cm³/mol. The van der Waals surface area contributed by atoms with Gasteiger partial charge in [0.2, 0.25) is 5.91 Å². The van der Waals surface area contributed by atoms with E-state index in [-0.39, 0.29) is 18.0 Å². The summed E-state index contributed by atoms with van der Waals surface area (Å²) < 4.78 is 0. The van der Waals surface area contributed by atoms with Crippen LogP contribution in [0.5, 0.6) is 0 Å². The first-order chi connectivity index (χ1) is 14.7. The summed E-state index contributed by atoms with van der Waals surface area (Å²) in [6.07, 6.45) is 0. The third-order valence-corrected chi connectivity index (χ3v) is 6.77. The van der Waals surface area contributed by atoms with Gasteiger partial charge in [0, 0.05) is 31.1 Å². The standard InChI is InChI=1S/C25H29N3OS/c1-20(23-13-8-18-30-23)26-24(29)19-27-14-16-28(17-15-27)25(21-9-4-2-5-10-21)22-11-6-3-7-12-22/h2-13,18,20,25H,14-17,19H2,1H3,(H,26,29)/t20-/m0/s1. The Morgan fingerprint density at radius 1 is 0.900 bits per heavy atom. The maximum absolute atomic E-state index is 12.5. The number of amides is 1. The van der Waals surface area contributed by atoms with Gasteiger partial charge in [-0.25, -0.2) is 0 Å². The molecule has 0 bridgehead atoms. The number of nitrogens with zero attached hydrogens (tertiary/aromatic N) is 2. The van der Waals surface area contributed by atoms with E-state index in [1.807, 2.05) is 18.4 Å². The maximum atomic E-state index is 12.5. The Bertz CT molecular complexity index is 867. The van der Waals surface area contributed by atoms with Crippen LogP contribution in [-0.4, -0.2) is 48.4 Å². The van der Waals surface area contributed by atoms with Gasteiger partial charge >= 0.3 is 0 Å². The zero-order valence-corrected chi connectivity index (χ0v) is 18.2. The molecule has 1 atom stereocenters. The van der Waals surface area contributed by atoms with Crippen molar-refractivity contribution in [3.05, 3.63) is 94.2 Å². The Morgan fingerprint density at radius 2 is 1.50 bits per heavy atom. The molecular formula is C25H29N3OS. The minimum Gasteiger partial charge on any atom is -0.348 e. The Morgan fingerprint density at radius 3 is 2.03 bits per heavy atom. The molecule has 3 aromatic rings. The zero-order valence-electron chi connectivity index (χ0n) is 17.4. The van der Waals surface area contributed by atoms with Crippen LogP contribution in [0, 0.1) is 0 Å². The quantitative estimate of drug-likeness (QED) is 0.619. The number of benzene rings is 2. The minimum atomic E-state index is 0.0688. The molecule has 1 aromatic heterocycles. The van der Waals surface area contributed by atoms with Gasteiger partial charge in [0.05, 0.1) is 18.6 Å². The molecule has 0 unspecified atom stereocenters. The van der Waals surface area contributed by atoms with E-state index in [2.05, 4.69) is 81.8 Å². The molecule has 2 aromatic carbocycles. The van der Waals surface area contributed by atoms with Crippen LogP contribution >= 0.6 is 11.3 Å². The lowest BCUT2D eigenvalue weighted by Gasteiger charge is -2.39. The summed E-state index contributed by atoms with van der Waals surface area (Å²) in [7, 11) is 0. The van der Waals surface area contributed by atoms with Crippen molar-refractivity contribution in [3.63, 3.8) is 0 Å². The van der Waals surface area contributed by atoms with E-state index >= 15 is 0 Å². The fourth-order valence-corrected chi connectivity index (χ4v) is 4.90. The van der Waals surface area contributed by atoms with Crippen LogP contribution in [0.25, 0.3) is 0 Å². The zero-order chi connectivity index (χ0) is 20.8. The van der Waals surface area contributed by atoms with E-state index < -0.39 is 0 Å². The number of hydrogen-bond donors (Lipinski definition) is 1. The van der Waals surface area contributed by atoms with Crippen LogP contribution < -0.4 is 5.32 Å². The summed E-state index contributed by atoms with van der Waals surface area (Å²) in [6.45, 7) is 6.20. The Hall–Kier alpha value is -2.47. The minimum absolute atomic E-state index is 0.0688. The van der Waals surface area contributed by atoms with E-state index in [1.165, 1.54) is 16.0 Å². The number of carbonyl (C=O) groups excluding carboxylic acids is 1. The Labute approximate surface area is 183 Å². The highest BCUT2D eigenvalue weighted by Crippen LogP contribution is 2.29. The highest BCUT2D eigenvalue weighted by atomic mass is 32.1. The molecule has 30 heavy (non-hydrogen) atoms.